The molecule has 0 spiro atoms. The van der Waals surface area contributed by atoms with Crippen molar-refractivity contribution >= 4 is 11.9 Å². The summed E-state index contributed by atoms with van der Waals surface area (Å²) in [5, 5.41) is 9.40. The van der Waals surface area contributed by atoms with E-state index in [4.69, 9.17) is 9.47 Å². The van der Waals surface area contributed by atoms with Crippen LogP contribution < -0.4 is 9.47 Å². The van der Waals surface area contributed by atoms with Crippen molar-refractivity contribution in [3.8, 4) is 17.2 Å². The second-order valence-corrected chi connectivity index (χ2v) is 9.16. The van der Waals surface area contributed by atoms with E-state index in [-0.39, 0.29) is 22.7 Å². The Bertz CT molecular complexity index is 886. The van der Waals surface area contributed by atoms with Crippen molar-refractivity contribution < 1.29 is 19.4 Å². The summed E-state index contributed by atoms with van der Waals surface area (Å²) in [5.41, 5.74) is 1.45. The van der Waals surface area contributed by atoms with Crippen molar-refractivity contribution in [2.24, 2.45) is 0 Å². The second-order valence-electron chi connectivity index (χ2n) is 9.16. The number of ether oxygens (including phenoxy) is 2. The summed E-state index contributed by atoms with van der Waals surface area (Å²) in [6.45, 7) is 15.8. The van der Waals surface area contributed by atoms with E-state index in [1.54, 1.807) is 18.2 Å². The summed E-state index contributed by atoms with van der Waals surface area (Å²) >= 11 is 0. The first-order chi connectivity index (χ1) is 13.9. The maximum Gasteiger partial charge on any atom is 0.185 e. The van der Waals surface area contributed by atoms with E-state index in [1.165, 1.54) is 18.2 Å². The molecule has 1 N–H and O–H groups in total. The summed E-state index contributed by atoms with van der Waals surface area (Å²) in [4.78, 5) is 12.5. The number of hydrogen-bond acceptors (Lipinski definition) is 4. The Morgan fingerprint density at radius 2 is 1.47 bits per heavy atom. The summed E-state index contributed by atoms with van der Waals surface area (Å²) in [5.74, 6) is 1.39. The molecule has 2 aromatic rings. The Balaban J connectivity index is 2.48. The van der Waals surface area contributed by atoms with Crippen molar-refractivity contribution in [2.45, 2.75) is 59.2 Å². The quantitative estimate of drug-likeness (QED) is 0.328. The fraction of sp³-hybridized carbons (Fsp3) is 0.346. The molecule has 0 fully saturated rings. The molecular weight excluding hydrogens is 376 g/mol. The fourth-order valence-corrected chi connectivity index (χ4v) is 2.82. The average molecular weight is 409 g/mol. The zero-order valence-corrected chi connectivity index (χ0v) is 18.8. The maximum absolute atomic E-state index is 12.5. The Morgan fingerprint density at radius 3 is 1.90 bits per heavy atom. The molecule has 0 unspecified atom stereocenters. The largest absolute Gasteiger partial charge is 0.508 e. The van der Waals surface area contributed by atoms with Gasteiger partial charge in [-0.2, -0.15) is 0 Å². The molecule has 4 heteroatoms. The number of aromatic hydroxyl groups is 1. The molecule has 0 saturated heterocycles. The van der Waals surface area contributed by atoms with Gasteiger partial charge in [0.2, 0.25) is 0 Å². The molecule has 0 amide bonds. The Morgan fingerprint density at radius 1 is 0.967 bits per heavy atom. The van der Waals surface area contributed by atoms with E-state index < -0.39 is 0 Å². The minimum absolute atomic E-state index is 0.126. The molecule has 0 aromatic heterocycles. The van der Waals surface area contributed by atoms with Crippen molar-refractivity contribution in [1.29, 1.82) is 0 Å². The molecule has 0 saturated carbocycles. The van der Waals surface area contributed by atoms with E-state index >= 15 is 0 Å². The van der Waals surface area contributed by atoms with E-state index in [0.717, 1.165) is 11.1 Å². The van der Waals surface area contributed by atoms with Gasteiger partial charge in [-0.3, -0.25) is 4.79 Å². The monoisotopic (exact) mass is 408 g/mol. The molecule has 160 valence electrons. The molecule has 4 nitrogen and oxygen atoms in total. The van der Waals surface area contributed by atoms with Gasteiger partial charge in [0.05, 0.1) is 0 Å². The lowest BCUT2D eigenvalue weighted by Gasteiger charge is -2.28. The van der Waals surface area contributed by atoms with Crippen LogP contribution in [0.2, 0.25) is 0 Å². The highest BCUT2D eigenvalue weighted by Gasteiger charge is 2.21. The van der Waals surface area contributed by atoms with Crippen LogP contribution in [0.3, 0.4) is 0 Å². The van der Waals surface area contributed by atoms with Crippen LogP contribution >= 0.6 is 0 Å². The minimum atomic E-state index is -0.390. The van der Waals surface area contributed by atoms with Crippen LogP contribution in [0.4, 0.5) is 0 Å². The summed E-state index contributed by atoms with van der Waals surface area (Å²) in [6, 6.07) is 10.0. The topological polar surface area (TPSA) is 55.8 Å². The second kappa shape index (κ2) is 9.21. The van der Waals surface area contributed by atoms with Crippen molar-refractivity contribution in [3.63, 3.8) is 0 Å². The first-order valence-electron chi connectivity index (χ1n) is 10.1. The van der Waals surface area contributed by atoms with Crippen molar-refractivity contribution in [1.82, 2.24) is 0 Å². The van der Waals surface area contributed by atoms with Crippen LogP contribution in [0.5, 0.6) is 17.2 Å². The van der Waals surface area contributed by atoms with Crippen LogP contribution in [-0.2, 0) is 6.42 Å². The number of ketones is 1. The molecule has 0 heterocycles. The number of hydrogen-bond donors (Lipinski definition) is 1. The molecular formula is C26H32O4. The predicted molar refractivity (Wildman–Crippen MR) is 123 cm³/mol. The molecule has 2 aromatic carbocycles. The van der Waals surface area contributed by atoms with Gasteiger partial charge in [-0.05, 0) is 96.0 Å². The third-order valence-corrected chi connectivity index (χ3v) is 3.95. The normalized spacial score (nSPS) is 12.1. The number of carbonyl (C=O) groups excluding carboxylic acids is 1. The fourth-order valence-electron chi connectivity index (χ4n) is 2.82. The number of rotatable bonds is 7. The van der Waals surface area contributed by atoms with Gasteiger partial charge in [-0.25, -0.2) is 0 Å². The zero-order valence-electron chi connectivity index (χ0n) is 18.8. The van der Waals surface area contributed by atoms with Gasteiger partial charge in [0.1, 0.15) is 28.5 Å². The van der Waals surface area contributed by atoms with Crippen LogP contribution in [-0.4, -0.2) is 22.1 Å². The number of phenolic OH excluding ortho intramolecular Hbond substituents is 1. The summed E-state index contributed by atoms with van der Waals surface area (Å²) in [6.07, 6.45) is 5.69. The Labute approximate surface area is 179 Å². The van der Waals surface area contributed by atoms with Gasteiger partial charge in [0.15, 0.2) is 5.78 Å². The minimum Gasteiger partial charge on any atom is -0.508 e. The standard InChI is InChI=1S/C26H32O4/c1-8-9-21-23(29-25(2,3)4)16-18(17-24(21)30-26(5,6)7)10-15-22(28)19-11-13-20(27)14-12-19/h8,10-17,27H,1,9H2,2-7H3/b15-10+. The molecule has 30 heavy (non-hydrogen) atoms. The van der Waals surface area contributed by atoms with E-state index in [2.05, 4.69) is 6.58 Å². The molecule has 0 aliphatic heterocycles. The van der Waals surface area contributed by atoms with E-state index in [1.807, 2.05) is 59.8 Å². The van der Waals surface area contributed by atoms with Crippen LogP contribution in [0, 0.1) is 0 Å². The van der Waals surface area contributed by atoms with Gasteiger partial charge >= 0.3 is 0 Å². The van der Waals surface area contributed by atoms with Gasteiger partial charge in [0.25, 0.3) is 0 Å². The number of carbonyl (C=O) groups is 1. The molecule has 0 atom stereocenters. The lowest BCUT2D eigenvalue weighted by molar-refractivity contribution is 0.104. The molecule has 0 radical (unpaired) electrons. The Kier molecular flexibility index (Phi) is 7.14. The lowest BCUT2D eigenvalue weighted by atomic mass is 10.0. The zero-order chi connectivity index (χ0) is 22.5. The number of phenols is 1. The van der Waals surface area contributed by atoms with Gasteiger partial charge in [-0.1, -0.05) is 12.2 Å². The van der Waals surface area contributed by atoms with Gasteiger partial charge in [-0.15, -0.1) is 6.58 Å². The highest BCUT2D eigenvalue weighted by molar-refractivity contribution is 6.06. The average Bonchev–Trinajstić information content (AvgIpc) is 2.60. The molecule has 0 aliphatic rings. The van der Waals surface area contributed by atoms with Crippen LogP contribution in [0.25, 0.3) is 6.08 Å². The number of allylic oxidation sites excluding steroid dienone is 2. The third-order valence-electron chi connectivity index (χ3n) is 3.95. The highest BCUT2D eigenvalue weighted by atomic mass is 16.5. The Hall–Kier alpha value is -3.01. The molecule has 2 rings (SSSR count). The van der Waals surface area contributed by atoms with Crippen LogP contribution in [0.1, 0.15) is 63.0 Å². The predicted octanol–water partition coefficient (Wildman–Crippen LogP) is 6.37. The summed E-state index contributed by atoms with van der Waals surface area (Å²) in [7, 11) is 0. The number of benzene rings is 2. The van der Waals surface area contributed by atoms with Crippen molar-refractivity contribution in [3.05, 3.63) is 71.8 Å². The van der Waals surface area contributed by atoms with Gasteiger partial charge in [0, 0.05) is 11.1 Å². The molecule has 0 aliphatic carbocycles. The smallest absolute Gasteiger partial charge is 0.185 e. The highest BCUT2D eigenvalue weighted by Crippen LogP contribution is 2.36. The SMILES string of the molecule is C=CCc1c(OC(C)(C)C)cc(/C=C/C(=O)c2ccc(O)cc2)cc1OC(C)(C)C. The van der Waals surface area contributed by atoms with Gasteiger partial charge < -0.3 is 14.6 Å². The maximum atomic E-state index is 12.5. The first-order valence-corrected chi connectivity index (χ1v) is 10.1. The van der Waals surface area contributed by atoms with Crippen molar-refractivity contribution in [2.75, 3.05) is 0 Å². The van der Waals surface area contributed by atoms with E-state index in [0.29, 0.717) is 23.5 Å². The first kappa shape index (κ1) is 23.3. The molecule has 0 bridgehead atoms. The van der Waals surface area contributed by atoms with E-state index in [9.17, 15) is 9.90 Å². The third kappa shape index (κ3) is 7.11. The summed E-state index contributed by atoms with van der Waals surface area (Å²) < 4.78 is 12.4. The van der Waals surface area contributed by atoms with Crippen LogP contribution in [0.15, 0.2) is 55.1 Å². The lowest BCUT2D eigenvalue weighted by Crippen LogP contribution is -2.26.